The van der Waals surface area contributed by atoms with E-state index in [1.54, 1.807) is 7.05 Å². The first kappa shape index (κ1) is 26.1. The number of hydrogen-bond donors (Lipinski definition) is 3. The van der Waals surface area contributed by atoms with Gasteiger partial charge < -0.3 is 20.1 Å². The van der Waals surface area contributed by atoms with Gasteiger partial charge in [0.1, 0.15) is 0 Å². The molecule has 0 aromatic heterocycles. The zero-order valence-corrected chi connectivity index (χ0v) is 21.5. The highest BCUT2D eigenvalue weighted by atomic mass is 127. The van der Waals surface area contributed by atoms with E-state index in [1.165, 1.54) is 25.7 Å². The summed E-state index contributed by atoms with van der Waals surface area (Å²) in [5.41, 5.74) is 0.210. The van der Waals surface area contributed by atoms with Crippen molar-refractivity contribution in [3.8, 4) is 0 Å². The van der Waals surface area contributed by atoms with Gasteiger partial charge in [0.2, 0.25) is 10.0 Å². The number of rotatable bonds is 9. The van der Waals surface area contributed by atoms with Crippen molar-refractivity contribution in [2.75, 3.05) is 39.1 Å². The van der Waals surface area contributed by atoms with Crippen LogP contribution in [0.1, 0.15) is 58.3 Å². The number of nitrogens with one attached hydrogen (secondary N) is 3. The summed E-state index contributed by atoms with van der Waals surface area (Å²) in [7, 11) is -1.61. The van der Waals surface area contributed by atoms with Crippen LogP contribution in [0, 0.1) is 5.41 Å². The van der Waals surface area contributed by atoms with Gasteiger partial charge in [0.15, 0.2) is 5.96 Å². The van der Waals surface area contributed by atoms with Crippen LogP contribution in [-0.2, 0) is 19.5 Å². The molecule has 10 heteroatoms. The Kier molecular flexibility index (Phi) is 10.6. The van der Waals surface area contributed by atoms with Crippen molar-refractivity contribution in [1.29, 1.82) is 0 Å². The molecular formula is C20H39IN4O4S. The van der Waals surface area contributed by atoms with E-state index in [9.17, 15) is 8.42 Å². The van der Waals surface area contributed by atoms with Crippen molar-refractivity contribution in [1.82, 2.24) is 15.4 Å². The largest absolute Gasteiger partial charge is 0.378 e. The molecule has 3 rings (SSSR count). The molecule has 1 saturated heterocycles. The van der Waals surface area contributed by atoms with E-state index in [1.807, 2.05) is 0 Å². The molecule has 1 aliphatic heterocycles. The van der Waals surface area contributed by atoms with Crippen molar-refractivity contribution in [2.45, 2.75) is 76.5 Å². The highest BCUT2D eigenvalue weighted by Gasteiger charge is 2.56. The Morgan fingerprint density at radius 2 is 2.00 bits per heavy atom. The molecule has 3 unspecified atom stereocenters. The average molecular weight is 559 g/mol. The zero-order valence-electron chi connectivity index (χ0n) is 18.3. The van der Waals surface area contributed by atoms with Gasteiger partial charge in [-0.1, -0.05) is 12.8 Å². The van der Waals surface area contributed by atoms with E-state index < -0.39 is 10.0 Å². The third kappa shape index (κ3) is 6.66. The minimum Gasteiger partial charge on any atom is -0.378 e. The van der Waals surface area contributed by atoms with Crippen LogP contribution in [0.2, 0.25) is 0 Å². The maximum atomic E-state index is 12.3. The third-order valence-electron chi connectivity index (χ3n) is 6.69. The lowest BCUT2D eigenvalue weighted by atomic mass is 9.60. The Balaban J connectivity index is 0.00000320. The minimum absolute atomic E-state index is 0. The predicted molar refractivity (Wildman–Crippen MR) is 130 cm³/mol. The molecule has 8 nitrogen and oxygen atoms in total. The summed E-state index contributed by atoms with van der Waals surface area (Å²) in [5.74, 6) is 0.680. The Hall–Kier alpha value is -0.170. The molecule has 176 valence electrons. The highest BCUT2D eigenvalue weighted by Crippen LogP contribution is 2.54. The van der Waals surface area contributed by atoms with Crippen LogP contribution in [-0.4, -0.2) is 71.7 Å². The maximum Gasteiger partial charge on any atom is 0.213 e. The Bertz CT molecular complexity index is 649. The number of ether oxygens (including phenoxy) is 2. The minimum atomic E-state index is -3.34. The summed E-state index contributed by atoms with van der Waals surface area (Å²) in [5, 5.41) is 6.68. The van der Waals surface area contributed by atoms with E-state index >= 15 is 0 Å². The smallest absolute Gasteiger partial charge is 0.213 e. The summed E-state index contributed by atoms with van der Waals surface area (Å²) in [6.07, 6.45) is 9.28. The van der Waals surface area contributed by atoms with Gasteiger partial charge in [-0.3, -0.25) is 4.99 Å². The van der Waals surface area contributed by atoms with Gasteiger partial charge in [0.05, 0.1) is 18.0 Å². The lowest BCUT2D eigenvalue weighted by Crippen LogP contribution is -2.65. The van der Waals surface area contributed by atoms with Crippen LogP contribution in [0.25, 0.3) is 0 Å². The van der Waals surface area contributed by atoms with Crippen LogP contribution < -0.4 is 15.4 Å². The monoisotopic (exact) mass is 558 g/mol. The average Bonchev–Trinajstić information content (AvgIpc) is 3.24. The molecule has 2 aliphatic carbocycles. The summed E-state index contributed by atoms with van der Waals surface area (Å²) >= 11 is 0. The second-order valence-electron chi connectivity index (χ2n) is 8.47. The Morgan fingerprint density at radius 3 is 2.63 bits per heavy atom. The fraction of sp³-hybridized carbons (Fsp3) is 0.950. The van der Waals surface area contributed by atoms with E-state index in [2.05, 4.69) is 27.3 Å². The first-order valence-corrected chi connectivity index (χ1v) is 12.8. The SMILES string of the molecule is CCOC1CC(NC(=NC)NCCS(=O)(=O)NCC2CCCCO2)C12CCCC2.I. The van der Waals surface area contributed by atoms with E-state index in [-0.39, 0.29) is 41.2 Å². The summed E-state index contributed by atoms with van der Waals surface area (Å²) in [6, 6.07) is 0.339. The summed E-state index contributed by atoms with van der Waals surface area (Å²) in [4.78, 5) is 4.29. The number of aliphatic imine (C=N–C) groups is 1. The molecule has 3 fully saturated rings. The summed E-state index contributed by atoms with van der Waals surface area (Å²) in [6.45, 7) is 4.21. The molecule has 1 spiro atoms. The van der Waals surface area contributed by atoms with Gasteiger partial charge in [0.25, 0.3) is 0 Å². The second-order valence-corrected chi connectivity index (χ2v) is 10.4. The first-order chi connectivity index (χ1) is 14.0. The fourth-order valence-electron chi connectivity index (χ4n) is 5.01. The molecule has 0 bridgehead atoms. The Labute approximate surface area is 198 Å². The van der Waals surface area contributed by atoms with Gasteiger partial charge in [-0.15, -0.1) is 24.0 Å². The number of sulfonamides is 1. The number of nitrogens with zero attached hydrogens (tertiary/aromatic N) is 1. The van der Waals surface area contributed by atoms with Crippen molar-refractivity contribution in [2.24, 2.45) is 10.4 Å². The van der Waals surface area contributed by atoms with Crippen molar-refractivity contribution >= 4 is 40.0 Å². The molecule has 0 radical (unpaired) electrons. The third-order valence-corrected chi connectivity index (χ3v) is 8.04. The quantitative estimate of drug-likeness (QED) is 0.228. The van der Waals surface area contributed by atoms with Gasteiger partial charge in [0, 0.05) is 44.8 Å². The van der Waals surface area contributed by atoms with Crippen LogP contribution in [0.15, 0.2) is 4.99 Å². The van der Waals surface area contributed by atoms with Gasteiger partial charge in [-0.2, -0.15) is 0 Å². The van der Waals surface area contributed by atoms with Gasteiger partial charge >= 0.3 is 0 Å². The zero-order chi connectivity index (χ0) is 20.7. The molecule has 30 heavy (non-hydrogen) atoms. The van der Waals surface area contributed by atoms with E-state index in [0.717, 1.165) is 38.9 Å². The second kappa shape index (κ2) is 12.2. The van der Waals surface area contributed by atoms with Gasteiger partial charge in [-0.25, -0.2) is 13.1 Å². The maximum absolute atomic E-state index is 12.3. The van der Waals surface area contributed by atoms with Crippen LogP contribution >= 0.6 is 24.0 Å². The highest BCUT2D eigenvalue weighted by molar-refractivity contribution is 14.0. The predicted octanol–water partition coefficient (Wildman–Crippen LogP) is 2.00. The lowest BCUT2D eigenvalue weighted by molar-refractivity contribution is -0.125. The molecule has 0 aromatic carbocycles. The number of guanidine groups is 1. The van der Waals surface area contributed by atoms with Crippen LogP contribution in [0.4, 0.5) is 0 Å². The molecule has 3 atom stereocenters. The summed E-state index contributed by atoms with van der Waals surface area (Å²) < 4.78 is 38.8. The fourth-order valence-corrected chi connectivity index (χ4v) is 5.97. The first-order valence-electron chi connectivity index (χ1n) is 11.2. The molecule has 2 saturated carbocycles. The lowest BCUT2D eigenvalue weighted by Gasteiger charge is -2.54. The van der Waals surface area contributed by atoms with E-state index in [0.29, 0.717) is 31.2 Å². The molecule has 3 N–H and O–H groups in total. The van der Waals surface area contributed by atoms with Crippen molar-refractivity contribution < 1.29 is 17.9 Å². The molecule has 0 amide bonds. The Morgan fingerprint density at radius 1 is 1.23 bits per heavy atom. The van der Waals surface area contributed by atoms with Crippen molar-refractivity contribution in [3.63, 3.8) is 0 Å². The molecular weight excluding hydrogens is 519 g/mol. The number of halogens is 1. The standard InChI is InChI=1S/C20H38N4O4S.HI/c1-3-27-18-14-17(20(18)9-5-6-10-20)24-19(21-2)22-11-13-29(25,26)23-15-16-8-4-7-12-28-16;/h16-18,23H,3-15H2,1-2H3,(H2,21,22,24);1H. The topological polar surface area (TPSA) is 101 Å². The van der Waals surface area contributed by atoms with Crippen LogP contribution in [0.3, 0.4) is 0 Å². The van der Waals surface area contributed by atoms with Crippen molar-refractivity contribution in [3.05, 3.63) is 0 Å². The normalized spacial score (nSPS) is 28.6. The van der Waals surface area contributed by atoms with Crippen LogP contribution in [0.5, 0.6) is 0 Å². The molecule has 1 heterocycles. The molecule has 3 aliphatic rings. The number of hydrogen-bond acceptors (Lipinski definition) is 5. The van der Waals surface area contributed by atoms with Gasteiger partial charge in [-0.05, 0) is 45.4 Å². The molecule has 0 aromatic rings. The van der Waals surface area contributed by atoms with E-state index in [4.69, 9.17) is 9.47 Å².